The van der Waals surface area contributed by atoms with Crippen molar-refractivity contribution in [1.29, 1.82) is 0 Å². The zero-order valence-corrected chi connectivity index (χ0v) is 10.5. The Labute approximate surface area is 109 Å². The van der Waals surface area contributed by atoms with E-state index in [0.717, 1.165) is 25.2 Å². The van der Waals surface area contributed by atoms with Gasteiger partial charge in [-0.2, -0.15) is 13.2 Å². The van der Waals surface area contributed by atoms with Crippen LogP contribution < -0.4 is 5.73 Å². The summed E-state index contributed by atoms with van der Waals surface area (Å²) >= 11 is 0. The first-order valence-corrected chi connectivity index (χ1v) is 5.96. The van der Waals surface area contributed by atoms with E-state index in [1.54, 1.807) is 0 Å². The summed E-state index contributed by atoms with van der Waals surface area (Å²) in [4.78, 5) is 13.4. The molecule has 2 rings (SSSR count). The topological polar surface area (TPSA) is 46.3 Å². The molecule has 2 N–H and O–H groups in total. The number of likely N-dealkylation sites (tertiary alicyclic amines) is 1. The SMILES string of the molecule is CN1CC(Cc2ccc(C(F)(F)F)cc2C(N)=O)C1. The van der Waals surface area contributed by atoms with Gasteiger partial charge in [-0.15, -0.1) is 0 Å². The zero-order chi connectivity index (χ0) is 14.2. The van der Waals surface area contributed by atoms with Crippen molar-refractivity contribution in [2.45, 2.75) is 12.6 Å². The van der Waals surface area contributed by atoms with Gasteiger partial charge in [0, 0.05) is 18.7 Å². The molecule has 104 valence electrons. The summed E-state index contributed by atoms with van der Waals surface area (Å²) in [6.45, 7) is 1.78. The van der Waals surface area contributed by atoms with E-state index in [1.165, 1.54) is 6.07 Å². The Morgan fingerprint density at radius 2 is 2.05 bits per heavy atom. The van der Waals surface area contributed by atoms with E-state index in [-0.39, 0.29) is 5.56 Å². The Morgan fingerprint density at radius 1 is 1.42 bits per heavy atom. The van der Waals surface area contributed by atoms with Crippen LogP contribution in [0.4, 0.5) is 13.2 Å². The molecule has 6 heteroatoms. The van der Waals surface area contributed by atoms with Crippen LogP contribution in [0.15, 0.2) is 18.2 Å². The maximum atomic E-state index is 12.6. The van der Waals surface area contributed by atoms with Gasteiger partial charge in [0.2, 0.25) is 5.91 Å². The Kier molecular flexibility index (Phi) is 3.54. The molecule has 1 amide bonds. The quantitative estimate of drug-likeness (QED) is 0.913. The molecule has 1 aliphatic heterocycles. The monoisotopic (exact) mass is 272 g/mol. The molecule has 0 spiro atoms. The van der Waals surface area contributed by atoms with Gasteiger partial charge in [-0.3, -0.25) is 4.79 Å². The van der Waals surface area contributed by atoms with E-state index in [1.807, 2.05) is 7.05 Å². The van der Waals surface area contributed by atoms with Crippen LogP contribution in [-0.2, 0) is 12.6 Å². The first-order valence-electron chi connectivity index (χ1n) is 5.96. The van der Waals surface area contributed by atoms with Crippen LogP contribution in [0.25, 0.3) is 0 Å². The molecule has 0 aromatic heterocycles. The minimum absolute atomic E-state index is 0.0237. The summed E-state index contributed by atoms with van der Waals surface area (Å²) in [5.41, 5.74) is 4.91. The lowest BCUT2D eigenvalue weighted by Gasteiger charge is -2.36. The van der Waals surface area contributed by atoms with Crippen LogP contribution >= 0.6 is 0 Å². The number of primary amides is 1. The lowest BCUT2D eigenvalue weighted by molar-refractivity contribution is -0.137. The molecule has 1 aromatic rings. The number of alkyl halides is 3. The standard InChI is InChI=1S/C13H15F3N2O/c1-18-6-8(7-18)4-9-2-3-10(13(14,15)16)5-11(9)12(17)19/h2-3,5,8H,4,6-7H2,1H3,(H2,17,19). The average Bonchev–Trinajstić information content (AvgIpc) is 2.25. The van der Waals surface area contributed by atoms with Gasteiger partial charge in [0.1, 0.15) is 0 Å². The van der Waals surface area contributed by atoms with Crippen LogP contribution in [-0.4, -0.2) is 30.9 Å². The molecule has 1 heterocycles. The van der Waals surface area contributed by atoms with E-state index < -0.39 is 17.6 Å². The predicted molar refractivity (Wildman–Crippen MR) is 64.7 cm³/mol. The van der Waals surface area contributed by atoms with Gasteiger partial charge in [0.15, 0.2) is 0 Å². The number of benzene rings is 1. The molecule has 0 unspecified atom stereocenters. The number of rotatable bonds is 3. The molecule has 0 saturated carbocycles. The number of hydrogen-bond donors (Lipinski definition) is 1. The molecule has 0 bridgehead atoms. The van der Waals surface area contributed by atoms with Crippen molar-refractivity contribution < 1.29 is 18.0 Å². The highest BCUT2D eigenvalue weighted by molar-refractivity contribution is 5.94. The molecule has 0 radical (unpaired) electrons. The summed E-state index contributed by atoms with van der Waals surface area (Å²) in [5, 5.41) is 0. The number of nitrogens with zero attached hydrogens (tertiary/aromatic N) is 1. The van der Waals surface area contributed by atoms with Gasteiger partial charge in [-0.25, -0.2) is 0 Å². The third-order valence-electron chi connectivity index (χ3n) is 3.35. The van der Waals surface area contributed by atoms with Crippen molar-refractivity contribution in [2.75, 3.05) is 20.1 Å². The Balaban J connectivity index is 2.25. The van der Waals surface area contributed by atoms with E-state index in [0.29, 0.717) is 17.9 Å². The average molecular weight is 272 g/mol. The predicted octanol–water partition coefficient (Wildman–Crippen LogP) is 1.91. The normalized spacial score (nSPS) is 17.3. The fourth-order valence-electron chi connectivity index (χ4n) is 2.43. The number of hydrogen-bond acceptors (Lipinski definition) is 2. The number of halogens is 3. The summed E-state index contributed by atoms with van der Waals surface area (Å²) in [5.74, 6) is -0.436. The van der Waals surface area contributed by atoms with Gasteiger partial charge >= 0.3 is 6.18 Å². The van der Waals surface area contributed by atoms with Gasteiger partial charge in [0.25, 0.3) is 0 Å². The molecule has 0 atom stereocenters. The Morgan fingerprint density at radius 3 is 2.53 bits per heavy atom. The third-order valence-corrected chi connectivity index (χ3v) is 3.35. The fraction of sp³-hybridized carbons (Fsp3) is 0.462. The van der Waals surface area contributed by atoms with E-state index in [2.05, 4.69) is 4.90 Å². The second-order valence-corrected chi connectivity index (χ2v) is 5.03. The molecule has 1 saturated heterocycles. The molecule has 1 fully saturated rings. The van der Waals surface area contributed by atoms with Crippen LogP contribution in [0.3, 0.4) is 0 Å². The third kappa shape index (κ3) is 3.07. The van der Waals surface area contributed by atoms with E-state index in [9.17, 15) is 18.0 Å². The smallest absolute Gasteiger partial charge is 0.366 e. The van der Waals surface area contributed by atoms with Crippen molar-refractivity contribution in [2.24, 2.45) is 11.7 Å². The highest BCUT2D eigenvalue weighted by Crippen LogP contribution is 2.31. The second-order valence-electron chi connectivity index (χ2n) is 5.03. The van der Waals surface area contributed by atoms with E-state index >= 15 is 0 Å². The van der Waals surface area contributed by atoms with Crippen molar-refractivity contribution in [3.63, 3.8) is 0 Å². The van der Waals surface area contributed by atoms with Gasteiger partial charge in [0.05, 0.1) is 5.56 Å². The van der Waals surface area contributed by atoms with Crippen LogP contribution in [0.1, 0.15) is 21.5 Å². The molecular weight excluding hydrogens is 257 g/mol. The summed E-state index contributed by atoms with van der Waals surface area (Å²) in [6.07, 6.45) is -3.87. The zero-order valence-electron chi connectivity index (χ0n) is 10.5. The molecule has 1 aliphatic rings. The minimum atomic E-state index is -4.46. The summed E-state index contributed by atoms with van der Waals surface area (Å²) in [7, 11) is 1.97. The van der Waals surface area contributed by atoms with Crippen molar-refractivity contribution in [3.8, 4) is 0 Å². The van der Waals surface area contributed by atoms with Crippen LogP contribution in [0, 0.1) is 5.92 Å². The highest BCUT2D eigenvalue weighted by Gasteiger charge is 2.32. The van der Waals surface area contributed by atoms with Gasteiger partial charge in [-0.05, 0) is 37.1 Å². The summed E-state index contributed by atoms with van der Waals surface area (Å²) < 4.78 is 37.8. The van der Waals surface area contributed by atoms with Crippen LogP contribution in [0.2, 0.25) is 0 Å². The number of carbonyl (C=O) groups excluding carboxylic acids is 1. The molecular formula is C13H15F3N2O. The van der Waals surface area contributed by atoms with Gasteiger partial charge < -0.3 is 10.6 Å². The highest BCUT2D eigenvalue weighted by atomic mass is 19.4. The largest absolute Gasteiger partial charge is 0.416 e. The first-order chi connectivity index (χ1) is 8.77. The maximum Gasteiger partial charge on any atom is 0.416 e. The van der Waals surface area contributed by atoms with Gasteiger partial charge in [-0.1, -0.05) is 6.07 Å². The Bertz CT molecular complexity index is 493. The fourth-order valence-corrected chi connectivity index (χ4v) is 2.43. The van der Waals surface area contributed by atoms with E-state index in [4.69, 9.17) is 5.73 Å². The van der Waals surface area contributed by atoms with Crippen molar-refractivity contribution in [1.82, 2.24) is 4.90 Å². The number of amides is 1. The lowest BCUT2D eigenvalue weighted by Crippen LogP contribution is -2.44. The number of nitrogens with two attached hydrogens (primary N) is 1. The summed E-state index contributed by atoms with van der Waals surface area (Å²) in [6, 6.07) is 3.21. The molecule has 0 aliphatic carbocycles. The Hall–Kier alpha value is -1.56. The van der Waals surface area contributed by atoms with Crippen molar-refractivity contribution >= 4 is 5.91 Å². The molecule has 19 heavy (non-hydrogen) atoms. The number of carbonyl (C=O) groups is 1. The first kappa shape index (κ1) is 13.9. The molecule has 1 aromatic carbocycles. The minimum Gasteiger partial charge on any atom is -0.366 e. The second kappa shape index (κ2) is 4.85. The van der Waals surface area contributed by atoms with Crippen LogP contribution in [0.5, 0.6) is 0 Å². The molecule has 3 nitrogen and oxygen atoms in total. The lowest BCUT2D eigenvalue weighted by atomic mass is 9.89. The maximum absolute atomic E-state index is 12.6. The van der Waals surface area contributed by atoms with Crippen molar-refractivity contribution in [3.05, 3.63) is 34.9 Å².